The maximum Gasteiger partial charge on any atom is 0.279 e. The molecule has 1 fully saturated rings. The Balaban J connectivity index is 1.67. The molecule has 2 aromatic carbocycles. The lowest BCUT2D eigenvalue weighted by Gasteiger charge is -2.34. The van der Waals surface area contributed by atoms with Crippen LogP contribution in [0.15, 0.2) is 46.3 Å². The quantitative estimate of drug-likeness (QED) is 0.393. The number of carbonyl (C=O) groups is 1. The molecule has 7 nitrogen and oxygen atoms in total. The highest BCUT2D eigenvalue weighted by Crippen LogP contribution is 2.30. The summed E-state index contributed by atoms with van der Waals surface area (Å²) >= 11 is 13.9. The van der Waals surface area contributed by atoms with E-state index in [4.69, 9.17) is 27.9 Å². The number of aromatic nitrogens is 1. The van der Waals surface area contributed by atoms with Crippen LogP contribution in [0.3, 0.4) is 0 Å². The van der Waals surface area contributed by atoms with Crippen molar-refractivity contribution in [3.63, 3.8) is 0 Å². The number of carbonyl (C=O) groups excluding carboxylic acids is 1. The van der Waals surface area contributed by atoms with E-state index in [9.17, 15) is 13.2 Å². The molecule has 1 unspecified atom stereocenters. The van der Waals surface area contributed by atoms with Crippen LogP contribution in [-0.2, 0) is 21.3 Å². The molecule has 4 rings (SSSR count). The van der Waals surface area contributed by atoms with E-state index in [1.807, 2.05) is 11.5 Å². The van der Waals surface area contributed by atoms with Crippen molar-refractivity contribution < 1.29 is 17.9 Å². The van der Waals surface area contributed by atoms with Crippen molar-refractivity contribution in [2.75, 3.05) is 20.3 Å². The summed E-state index contributed by atoms with van der Waals surface area (Å²) in [4.78, 5) is 18.0. The zero-order valence-electron chi connectivity index (χ0n) is 19.5. The lowest BCUT2D eigenvalue weighted by atomic mass is 10.0. The smallest absolute Gasteiger partial charge is 0.279 e. The highest BCUT2D eigenvalue weighted by atomic mass is 35.5. The molecule has 2 heterocycles. The van der Waals surface area contributed by atoms with Gasteiger partial charge in [-0.3, -0.25) is 4.79 Å². The van der Waals surface area contributed by atoms with Crippen molar-refractivity contribution in [1.82, 2.24) is 8.87 Å². The van der Waals surface area contributed by atoms with Crippen molar-refractivity contribution in [2.45, 2.75) is 50.1 Å². The van der Waals surface area contributed by atoms with Crippen LogP contribution in [0.4, 0.5) is 0 Å². The van der Waals surface area contributed by atoms with Crippen LogP contribution >= 0.6 is 34.5 Å². The number of nitrogens with zero attached hydrogens (tertiary/aromatic N) is 3. The van der Waals surface area contributed by atoms with Gasteiger partial charge in [-0.15, -0.1) is 0 Å². The number of fused-ring (bicyclic) bond motifs is 1. The molecule has 1 saturated heterocycles. The number of ether oxygens (including phenoxy) is 1. The lowest BCUT2D eigenvalue weighted by Crippen LogP contribution is -2.43. The molecule has 0 N–H and O–H groups in total. The fourth-order valence-corrected chi connectivity index (χ4v) is 7.96. The Hall–Kier alpha value is -1.75. The van der Waals surface area contributed by atoms with Crippen LogP contribution in [0.25, 0.3) is 10.2 Å². The van der Waals surface area contributed by atoms with Crippen LogP contribution in [0.2, 0.25) is 10.0 Å². The third-order valence-electron chi connectivity index (χ3n) is 6.16. The number of thiazole rings is 1. The van der Waals surface area contributed by atoms with Gasteiger partial charge < -0.3 is 9.30 Å². The molecule has 35 heavy (non-hydrogen) atoms. The van der Waals surface area contributed by atoms with E-state index in [2.05, 4.69) is 4.99 Å². The highest BCUT2D eigenvalue weighted by Gasteiger charge is 2.32. The monoisotopic (exact) mass is 555 g/mol. The summed E-state index contributed by atoms with van der Waals surface area (Å²) in [6.07, 6.45) is 3.55. The van der Waals surface area contributed by atoms with Crippen molar-refractivity contribution in [3.8, 4) is 0 Å². The highest BCUT2D eigenvalue weighted by molar-refractivity contribution is 7.89. The molecule has 0 saturated carbocycles. The summed E-state index contributed by atoms with van der Waals surface area (Å²) in [5.74, 6) is -0.474. The first kappa shape index (κ1) is 26.3. The number of hydrogen-bond donors (Lipinski definition) is 0. The summed E-state index contributed by atoms with van der Waals surface area (Å²) in [5.41, 5.74) is 1.03. The summed E-state index contributed by atoms with van der Waals surface area (Å²) in [6.45, 7) is 3.40. The SMILES string of the molecule is CCC1CCCCN1S(=O)(=O)c1ccc(C(=O)N=c2sc3cc(Cl)cc(Cl)c3n2CCOC)cc1. The van der Waals surface area contributed by atoms with Crippen molar-refractivity contribution in [2.24, 2.45) is 4.99 Å². The van der Waals surface area contributed by atoms with E-state index in [-0.39, 0.29) is 10.9 Å². The van der Waals surface area contributed by atoms with Crippen LogP contribution in [0.5, 0.6) is 0 Å². The van der Waals surface area contributed by atoms with E-state index in [0.717, 1.165) is 35.9 Å². The van der Waals surface area contributed by atoms with Gasteiger partial charge in [0.25, 0.3) is 5.91 Å². The Morgan fingerprint density at radius 1 is 1.20 bits per heavy atom. The molecule has 0 aliphatic carbocycles. The second kappa shape index (κ2) is 11.1. The zero-order valence-corrected chi connectivity index (χ0v) is 22.7. The van der Waals surface area contributed by atoms with Gasteiger partial charge in [0.2, 0.25) is 10.0 Å². The molecule has 1 amide bonds. The average molecular weight is 557 g/mol. The van der Waals surface area contributed by atoms with Gasteiger partial charge in [0.05, 0.1) is 26.7 Å². The van der Waals surface area contributed by atoms with Crippen molar-refractivity contribution >= 4 is 60.7 Å². The van der Waals surface area contributed by atoms with Gasteiger partial charge in [0.15, 0.2) is 4.80 Å². The number of halogens is 2. The third-order valence-corrected chi connectivity index (χ3v) is 9.66. The summed E-state index contributed by atoms with van der Waals surface area (Å²) < 4.78 is 35.9. The van der Waals surface area contributed by atoms with E-state index >= 15 is 0 Å². The molecule has 0 bridgehead atoms. The fourth-order valence-electron chi connectivity index (χ4n) is 4.36. The molecule has 3 aromatic rings. The van der Waals surface area contributed by atoms with Gasteiger partial charge in [-0.1, -0.05) is 47.9 Å². The van der Waals surface area contributed by atoms with Gasteiger partial charge >= 0.3 is 0 Å². The normalized spacial score (nSPS) is 17.8. The number of piperidine rings is 1. The number of benzene rings is 2. The third kappa shape index (κ3) is 5.50. The number of rotatable bonds is 7. The van der Waals surface area contributed by atoms with Gasteiger partial charge in [0, 0.05) is 36.8 Å². The number of methoxy groups -OCH3 is 1. The molecule has 1 aliphatic rings. The first-order valence-corrected chi connectivity index (χ1v) is 14.5. The van der Waals surface area contributed by atoms with Crippen LogP contribution < -0.4 is 4.80 Å². The van der Waals surface area contributed by atoms with Crippen LogP contribution in [0.1, 0.15) is 43.0 Å². The van der Waals surface area contributed by atoms with Crippen molar-refractivity contribution in [3.05, 3.63) is 56.8 Å². The topological polar surface area (TPSA) is 81.0 Å². The Morgan fingerprint density at radius 3 is 2.63 bits per heavy atom. The first-order valence-electron chi connectivity index (χ1n) is 11.4. The molecule has 11 heteroatoms. The molecule has 1 aromatic heterocycles. The molecule has 0 spiro atoms. The summed E-state index contributed by atoms with van der Waals surface area (Å²) in [7, 11) is -2.02. The van der Waals surface area contributed by atoms with Gasteiger partial charge in [0.1, 0.15) is 0 Å². The Labute approximate surface area is 219 Å². The zero-order chi connectivity index (χ0) is 25.2. The van der Waals surface area contributed by atoms with Gasteiger partial charge in [-0.25, -0.2) is 8.42 Å². The average Bonchev–Trinajstić information content (AvgIpc) is 3.19. The number of hydrogen-bond acceptors (Lipinski definition) is 5. The van der Waals surface area contributed by atoms with Crippen molar-refractivity contribution in [1.29, 1.82) is 0 Å². The maximum absolute atomic E-state index is 13.2. The Bertz CT molecular complexity index is 1400. The fraction of sp³-hybridized carbons (Fsp3) is 0.417. The number of sulfonamides is 1. The standard InChI is InChI=1S/C24H27Cl2N3O4S2/c1-3-18-6-4-5-11-29(18)35(31,32)19-9-7-16(8-10-19)23(30)27-24-28(12-13-33-2)22-20(26)14-17(25)15-21(22)34-24/h7-10,14-15,18H,3-6,11-13H2,1-2H3. The Kier molecular flexibility index (Phi) is 8.35. The van der Waals surface area contributed by atoms with E-state index < -0.39 is 15.9 Å². The van der Waals surface area contributed by atoms with Crippen LogP contribution in [0, 0.1) is 0 Å². The van der Waals surface area contributed by atoms with Crippen LogP contribution in [-0.4, -0.2) is 49.5 Å². The molecule has 1 aliphatic heterocycles. The second-order valence-corrected chi connectivity index (χ2v) is 12.1. The minimum absolute atomic E-state index is 0.0147. The number of amides is 1. The summed E-state index contributed by atoms with van der Waals surface area (Å²) in [5, 5.41) is 0.961. The predicted molar refractivity (Wildman–Crippen MR) is 140 cm³/mol. The Morgan fingerprint density at radius 2 is 1.94 bits per heavy atom. The largest absolute Gasteiger partial charge is 0.383 e. The van der Waals surface area contributed by atoms with E-state index in [1.54, 1.807) is 23.5 Å². The minimum atomic E-state index is -3.62. The molecule has 0 radical (unpaired) electrons. The molecular formula is C24H27Cl2N3O4S2. The lowest BCUT2D eigenvalue weighted by molar-refractivity contribution is 0.0997. The first-order chi connectivity index (χ1) is 16.8. The molecule has 1 atom stereocenters. The van der Waals surface area contributed by atoms with Gasteiger partial charge in [-0.2, -0.15) is 9.30 Å². The molecule has 188 valence electrons. The second-order valence-electron chi connectivity index (χ2n) is 8.38. The van der Waals surface area contributed by atoms with E-state index in [0.29, 0.717) is 40.1 Å². The predicted octanol–water partition coefficient (Wildman–Crippen LogP) is 5.35. The van der Waals surface area contributed by atoms with Gasteiger partial charge in [-0.05, 0) is 55.7 Å². The summed E-state index contributed by atoms with van der Waals surface area (Å²) in [6, 6.07) is 9.45. The minimum Gasteiger partial charge on any atom is -0.383 e. The van der Waals surface area contributed by atoms with E-state index in [1.165, 1.54) is 35.6 Å². The maximum atomic E-state index is 13.2. The molecular weight excluding hydrogens is 529 g/mol.